The summed E-state index contributed by atoms with van der Waals surface area (Å²) in [4.78, 5) is 5.55. The van der Waals surface area contributed by atoms with Gasteiger partial charge >= 0.3 is 6.18 Å². The average molecular weight is 345 g/mol. The van der Waals surface area contributed by atoms with Crippen LogP contribution in [0.1, 0.15) is 11.4 Å². The lowest BCUT2D eigenvalue weighted by Crippen LogP contribution is -2.36. The molecule has 0 spiro atoms. The Labute approximate surface area is 141 Å². The van der Waals surface area contributed by atoms with E-state index in [2.05, 4.69) is 15.2 Å². The van der Waals surface area contributed by atoms with Crippen LogP contribution in [-0.4, -0.2) is 26.3 Å². The van der Waals surface area contributed by atoms with Crippen molar-refractivity contribution >= 4 is 5.82 Å². The molecule has 0 aliphatic carbocycles. The van der Waals surface area contributed by atoms with Gasteiger partial charge in [0.2, 0.25) is 0 Å². The van der Waals surface area contributed by atoms with Crippen molar-refractivity contribution in [1.82, 2.24) is 19.7 Å². The number of alkyl halides is 3. The van der Waals surface area contributed by atoms with Gasteiger partial charge in [-0.3, -0.25) is 0 Å². The smallest absolute Gasteiger partial charge is 0.347 e. The first kappa shape index (κ1) is 15.6. The molecule has 1 aliphatic rings. The van der Waals surface area contributed by atoms with Crippen LogP contribution in [0.15, 0.2) is 48.7 Å². The van der Waals surface area contributed by atoms with Crippen molar-refractivity contribution in [2.24, 2.45) is 0 Å². The van der Waals surface area contributed by atoms with E-state index in [1.165, 1.54) is 12.3 Å². The van der Waals surface area contributed by atoms with Gasteiger partial charge in [-0.15, -0.1) is 10.2 Å². The highest BCUT2D eigenvalue weighted by atomic mass is 19.4. The fourth-order valence-corrected chi connectivity index (χ4v) is 3.01. The molecule has 0 N–H and O–H groups in total. The molecule has 128 valence electrons. The van der Waals surface area contributed by atoms with Gasteiger partial charge in [0.1, 0.15) is 5.82 Å². The number of anilines is 1. The highest BCUT2D eigenvalue weighted by molar-refractivity contribution is 5.56. The lowest BCUT2D eigenvalue weighted by atomic mass is 10.2. The van der Waals surface area contributed by atoms with Crippen molar-refractivity contribution in [3.63, 3.8) is 0 Å². The van der Waals surface area contributed by atoms with Gasteiger partial charge in [-0.05, 0) is 12.1 Å². The second-order valence-electron chi connectivity index (χ2n) is 5.75. The molecule has 0 fully saturated rings. The van der Waals surface area contributed by atoms with Gasteiger partial charge in [-0.2, -0.15) is 13.2 Å². The Kier molecular flexibility index (Phi) is 3.67. The van der Waals surface area contributed by atoms with E-state index < -0.39 is 11.7 Å². The van der Waals surface area contributed by atoms with Crippen molar-refractivity contribution in [1.29, 1.82) is 0 Å². The molecule has 4 rings (SSSR count). The van der Waals surface area contributed by atoms with Gasteiger partial charge < -0.3 is 9.47 Å². The summed E-state index contributed by atoms with van der Waals surface area (Å²) >= 11 is 0. The Hall–Kier alpha value is -2.90. The predicted octanol–water partition coefficient (Wildman–Crippen LogP) is 3.38. The summed E-state index contributed by atoms with van der Waals surface area (Å²) in [6, 6.07) is 12.0. The lowest BCUT2D eigenvalue weighted by molar-refractivity contribution is -0.137. The normalized spacial score (nSPS) is 14.4. The van der Waals surface area contributed by atoms with E-state index in [1.807, 2.05) is 34.9 Å². The van der Waals surface area contributed by atoms with E-state index in [0.29, 0.717) is 18.9 Å². The topological polar surface area (TPSA) is 46.8 Å². The predicted molar refractivity (Wildman–Crippen MR) is 85.7 cm³/mol. The first-order valence-electron chi connectivity index (χ1n) is 7.79. The average Bonchev–Trinajstić information content (AvgIpc) is 3.05. The number of halogens is 3. The number of aromatic nitrogens is 4. The number of nitrogens with zero attached hydrogens (tertiary/aromatic N) is 5. The Morgan fingerprint density at radius 3 is 2.48 bits per heavy atom. The van der Waals surface area contributed by atoms with Crippen LogP contribution in [0.5, 0.6) is 0 Å². The molecule has 0 unspecified atom stereocenters. The van der Waals surface area contributed by atoms with E-state index in [-0.39, 0.29) is 12.4 Å². The number of fused-ring (bicyclic) bond motifs is 1. The molecule has 0 atom stereocenters. The summed E-state index contributed by atoms with van der Waals surface area (Å²) in [5, 5.41) is 8.37. The fraction of sp³-hybridized carbons (Fsp3) is 0.235. The standard InChI is InChI=1S/C17H14F3N5/c18-17(19,20)13-7-4-8-21-16(13)24-9-10-25-14(11-24)22-23-15(25)12-5-2-1-3-6-12/h1-8H,9-11H2. The Balaban J connectivity index is 1.67. The van der Waals surface area contributed by atoms with Crippen molar-refractivity contribution in [2.75, 3.05) is 11.4 Å². The minimum Gasteiger partial charge on any atom is -0.347 e. The van der Waals surface area contributed by atoms with Gasteiger partial charge in [0.05, 0.1) is 12.1 Å². The zero-order valence-electron chi connectivity index (χ0n) is 13.1. The molecule has 3 aromatic rings. The van der Waals surface area contributed by atoms with Gasteiger partial charge in [0.15, 0.2) is 11.6 Å². The molecule has 3 heterocycles. The van der Waals surface area contributed by atoms with Crippen LogP contribution < -0.4 is 4.90 Å². The van der Waals surface area contributed by atoms with E-state index >= 15 is 0 Å². The van der Waals surface area contributed by atoms with Gasteiger partial charge in [-0.1, -0.05) is 30.3 Å². The molecule has 0 bridgehead atoms. The van der Waals surface area contributed by atoms with Crippen molar-refractivity contribution in [3.8, 4) is 11.4 Å². The largest absolute Gasteiger partial charge is 0.419 e. The molecule has 5 nitrogen and oxygen atoms in total. The second-order valence-corrected chi connectivity index (χ2v) is 5.75. The maximum atomic E-state index is 13.2. The van der Waals surface area contributed by atoms with Gasteiger partial charge in [0, 0.05) is 24.8 Å². The van der Waals surface area contributed by atoms with Gasteiger partial charge in [-0.25, -0.2) is 4.98 Å². The van der Waals surface area contributed by atoms with Crippen LogP contribution in [-0.2, 0) is 19.3 Å². The Morgan fingerprint density at radius 2 is 1.72 bits per heavy atom. The molecule has 1 aromatic carbocycles. The second kappa shape index (κ2) is 5.87. The molecule has 0 saturated carbocycles. The fourth-order valence-electron chi connectivity index (χ4n) is 3.01. The van der Waals surface area contributed by atoms with Crippen LogP contribution in [0.3, 0.4) is 0 Å². The summed E-state index contributed by atoms with van der Waals surface area (Å²) in [7, 11) is 0. The number of pyridine rings is 1. The lowest BCUT2D eigenvalue weighted by Gasteiger charge is -2.30. The van der Waals surface area contributed by atoms with Crippen molar-refractivity contribution < 1.29 is 13.2 Å². The summed E-state index contributed by atoms with van der Waals surface area (Å²) in [5.41, 5.74) is 0.203. The highest BCUT2D eigenvalue weighted by Gasteiger charge is 2.36. The van der Waals surface area contributed by atoms with E-state index in [1.54, 1.807) is 4.90 Å². The molecule has 25 heavy (non-hydrogen) atoms. The third kappa shape index (κ3) is 2.84. The van der Waals surface area contributed by atoms with Crippen LogP contribution >= 0.6 is 0 Å². The number of hydrogen-bond donors (Lipinski definition) is 0. The molecule has 0 amide bonds. The summed E-state index contributed by atoms with van der Waals surface area (Å²) < 4.78 is 41.6. The summed E-state index contributed by atoms with van der Waals surface area (Å²) in [5.74, 6) is 1.29. The maximum absolute atomic E-state index is 13.2. The molecule has 2 aromatic heterocycles. The van der Waals surface area contributed by atoms with Crippen LogP contribution in [0.4, 0.5) is 19.0 Å². The van der Waals surface area contributed by atoms with E-state index in [0.717, 1.165) is 17.5 Å². The molecule has 1 aliphatic heterocycles. The number of benzene rings is 1. The maximum Gasteiger partial charge on any atom is 0.419 e. The van der Waals surface area contributed by atoms with Crippen molar-refractivity contribution in [3.05, 3.63) is 60.0 Å². The third-order valence-corrected chi connectivity index (χ3v) is 4.18. The Bertz CT molecular complexity index is 889. The first-order chi connectivity index (χ1) is 12.0. The Morgan fingerprint density at radius 1 is 0.920 bits per heavy atom. The van der Waals surface area contributed by atoms with E-state index in [9.17, 15) is 13.2 Å². The molecule has 8 heteroatoms. The molecular weight excluding hydrogens is 331 g/mol. The quantitative estimate of drug-likeness (QED) is 0.714. The molecule has 0 saturated heterocycles. The van der Waals surface area contributed by atoms with Crippen LogP contribution in [0.25, 0.3) is 11.4 Å². The monoisotopic (exact) mass is 345 g/mol. The summed E-state index contributed by atoms with van der Waals surface area (Å²) in [6.45, 7) is 1.14. The number of hydrogen-bond acceptors (Lipinski definition) is 4. The molecular formula is C17H14F3N5. The summed E-state index contributed by atoms with van der Waals surface area (Å²) in [6.07, 6.45) is -3.07. The van der Waals surface area contributed by atoms with Crippen LogP contribution in [0, 0.1) is 0 Å². The van der Waals surface area contributed by atoms with E-state index in [4.69, 9.17) is 0 Å². The van der Waals surface area contributed by atoms with Crippen LogP contribution in [0.2, 0.25) is 0 Å². The first-order valence-corrected chi connectivity index (χ1v) is 7.79. The van der Waals surface area contributed by atoms with Crippen molar-refractivity contribution in [2.45, 2.75) is 19.3 Å². The number of rotatable bonds is 2. The van der Waals surface area contributed by atoms with Gasteiger partial charge in [0.25, 0.3) is 0 Å². The molecule has 0 radical (unpaired) electrons. The SMILES string of the molecule is FC(F)(F)c1cccnc1N1CCn2c(nnc2-c2ccccc2)C1. The zero-order valence-corrected chi connectivity index (χ0v) is 13.1. The minimum atomic E-state index is -4.44. The zero-order chi connectivity index (χ0) is 17.4. The third-order valence-electron chi connectivity index (χ3n) is 4.18. The minimum absolute atomic E-state index is 0.0643. The highest BCUT2D eigenvalue weighted by Crippen LogP contribution is 2.36.